The summed E-state index contributed by atoms with van der Waals surface area (Å²) in [5.74, 6) is -0.317. The van der Waals surface area contributed by atoms with E-state index in [-0.39, 0.29) is 19.4 Å². The van der Waals surface area contributed by atoms with Crippen LogP contribution in [-0.2, 0) is 25.4 Å². The maximum atomic E-state index is 12.4. The van der Waals surface area contributed by atoms with Crippen molar-refractivity contribution in [3.05, 3.63) is 26.7 Å². The van der Waals surface area contributed by atoms with Gasteiger partial charge in [-0.25, -0.2) is 9.78 Å². The number of aliphatic carboxylic acids is 1. The molecule has 0 atom stereocenters. The number of carboxylic acids is 1. The lowest BCUT2D eigenvalue weighted by Gasteiger charge is -2.07. The van der Waals surface area contributed by atoms with E-state index in [0.29, 0.717) is 17.0 Å². The van der Waals surface area contributed by atoms with E-state index in [2.05, 4.69) is 4.98 Å². The predicted octanol–water partition coefficient (Wildman–Crippen LogP) is -0.393. The van der Waals surface area contributed by atoms with E-state index in [1.165, 1.54) is 4.57 Å². The molecule has 0 spiro atoms. The lowest BCUT2D eigenvalue weighted by molar-refractivity contribution is -0.137. The predicted molar refractivity (Wildman–Crippen MR) is 71.8 cm³/mol. The van der Waals surface area contributed by atoms with Gasteiger partial charge in [0.1, 0.15) is 5.82 Å². The molecule has 0 aliphatic heterocycles. The van der Waals surface area contributed by atoms with Gasteiger partial charge in [0.25, 0.3) is 5.56 Å². The smallest absolute Gasteiger partial charge is 0.332 e. The fourth-order valence-corrected chi connectivity index (χ4v) is 2.14. The molecule has 0 saturated heterocycles. The molecule has 8 nitrogen and oxygen atoms in total. The van der Waals surface area contributed by atoms with E-state index >= 15 is 0 Å². The topological polar surface area (TPSA) is 99.1 Å². The van der Waals surface area contributed by atoms with E-state index in [1.54, 1.807) is 25.6 Å². The van der Waals surface area contributed by atoms with Crippen molar-refractivity contribution in [1.29, 1.82) is 0 Å². The van der Waals surface area contributed by atoms with Gasteiger partial charge in [-0.15, -0.1) is 0 Å². The minimum atomic E-state index is -0.952. The Morgan fingerprint density at radius 2 is 1.90 bits per heavy atom. The van der Waals surface area contributed by atoms with E-state index in [1.807, 2.05) is 0 Å². The molecule has 0 aliphatic rings. The average Bonchev–Trinajstić information content (AvgIpc) is 2.67. The standard InChI is InChI=1S/C12H16N4O4/c1-7-13-10-9(14(7)2)11(19)16(12(20)15(10)3)6-4-5-8(17)18/h4-6H2,1-3H3,(H,17,18). The number of hydrogen-bond acceptors (Lipinski definition) is 4. The van der Waals surface area contributed by atoms with Crippen LogP contribution in [0.4, 0.5) is 0 Å². The molecule has 2 aromatic rings. The van der Waals surface area contributed by atoms with Crippen LogP contribution in [0.1, 0.15) is 18.7 Å². The Hall–Kier alpha value is -2.38. The summed E-state index contributed by atoms with van der Waals surface area (Å²) in [4.78, 5) is 39.2. The van der Waals surface area contributed by atoms with Gasteiger partial charge in [-0.1, -0.05) is 0 Å². The van der Waals surface area contributed by atoms with Gasteiger partial charge in [0.2, 0.25) is 0 Å². The largest absolute Gasteiger partial charge is 0.481 e. The number of fused-ring (bicyclic) bond motifs is 1. The van der Waals surface area contributed by atoms with Crippen LogP contribution in [0.2, 0.25) is 0 Å². The second-order valence-corrected chi connectivity index (χ2v) is 4.69. The van der Waals surface area contributed by atoms with Crippen LogP contribution in [0.5, 0.6) is 0 Å². The Balaban J connectivity index is 2.61. The molecule has 1 N–H and O–H groups in total. The van der Waals surface area contributed by atoms with Gasteiger partial charge in [0, 0.05) is 27.1 Å². The zero-order valence-corrected chi connectivity index (χ0v) is 11.6. The molecule has 108 valence electrons. The van der Waals surface area contributed by atoms with Crippen LogP contribution in [0, 0.1) is 6.92 Å². The first kappa shape index (κ1) is 14.0. The molecule has 0 fully saturated rings. The van der Waals surface area contributed by atoms with Crippen molar-refractivity contribution in [3.8, 4) is 0 Å². The number of carbonyl (C=O) groups is 1. The zero-order valence-electron chi connectivity index (χ0n) is 11.6. The molecule has 8 heteroatoms. The Bertz CT molecular complexity index is 796. The summed E-state index contributed by atoms with van der Waals surface area (Å²) in [6.45, 7) is 1.83. The summed E-state index contributed by atoms with van der Waals surface area (Å²) in [6.07, 6.45) is 0.144. The third-order valence-corrected chi connectivity index (χ3v) is 3.36. The van der Waals surface area contributed by atoms with Crippen LogP contribution < -0.4 is 11.2 Å². The Morgan fingerprint density at radius 3 is 2.50 bits per heavy atom. The fourth-order valence-electron chi connectivity index (χ4n) is 2.14. The lowest BCUT2D eigenvalue weighted by Crippen LogP contribution is -2.39. The van der Waals surface area contributed by atoms with E-state index in [9.17, 15) is 14.4 Å². The highest BCUT2D eigenvalue weighted by Gasteiger charge is 2.16. The Labute approximate surface area is 113 Å². The van der Waals surface area contributed by atoms with Gasteiger partial charge < -0.3 is 9.67 Å². The van der Waals surface area contributed by atoms with Crippen LogP contribution in [0.15, 0.2) is 9.59 Å². The summed E-state index contributed by atoms with van der Waals surface area (Å²) in [6, 6.07) is 0. The highest BCUT2D eigenvalue weighted by atomic mass is 16.4. The van der Waals surface area contributed by atoms with Crippen molar-refractivity contribution in [2.45, 2.75) is 26.3 Å². The second kappa shape index (κ2) is 4.95. The summed E-state index contributed by atoms with van der Waals surface area (Å²) in [5, 5.41) is 8.62. The summed E-state index contributed by atoms with van der Waals surface area (Å²) >= 11 is 0. The molecule has 0 saturated carbocycles. The molecular formula is C12H16N4O4. The molecule has 0 radical (unpaired) electrons. The molecule has 0 aromatic carbocycles. The number of hydrogen-bond donors (Lipinski definition) is 1. The molecular weight excluding hydrogens is 264 g/mol. The molecule has 0 amide bonds. The number of aromatic nitrogens is 4. The minimum Gasteiger partial charge on any atom is -0.481 e. The van der Waals surface area contributed by atoms with Crippen LogP contribution in [0.25, 0.3) is 11.2 Å². The third-order valence-electron chi connectivity index (χ3n) is 3.36. The number of aryl methyl sites for hydroxylation is 3. The number of carboxylic acid groups (broad SMARTS) is 1. The lowest BCUT2D eigenvalue weighted by atomic mass is 10.3. The van der Waals surface area contributed by atoms with Gasteiger partial charge in [-0.3, -0.25) is 18.7 Å². The zero-order chi connectivity index (χ0) is 15.0. The van der Waals surface area contributed by atoms with Crippen molar-refractivity contribution in [2.24, 2.45) is 14.1 Å². The van der Waals surface area contributed by atoms with E-state index in [0.717, 1.165) is 4.57 Å². The molecule has 20 heavy (non-hydrogen) atoms. The normalized spacial score (nSPS) is 11.2. The van der Waals surface area contributed by atoms with Gasteiger partial charge in [0.15, 0.2) is 11.2 Å². The Kier molecular flexibility index (Phi) is 3.47. The van der Waals surface area contributed by atoms with Crippen LogP contribution in [-0.4, -0.2) is 29.8 Å². The maximum absolute atomic E-state index is 12.4. The van der Waals surface area contributed by atoms with Crippen molar-refractivity contribution in [1.82, 2.24) is 18.7 Å². The van der Waals surface area contributed by atoms with Crippen molar-refractivity contribution in [2.75, 3.05) is 0 Å². The van der Waals surface area contributed by atoms with E-state index < -0.39 is 17.2 Å². The fraction of sp³-hybridized carbons (Fsp3) is 0.500. The number of nitrogens with zero attached hydrogens (tertiary/aromatic N) is 4. The van der Waals surface area contributed by atoms with Crippen LogP contribution in [0.3, 0.4) is 0 Å². The van der Waals surface area contributed by atoms with Gasteiger partial charge in [-0.2, -0.15) is 0 Å². The van der Waals surface area contributed by atoms with Gasteiger partial charge in [-0.05, 0) is 13.3 Å². The van der Waals surface area contributed by atoms with Gasteiger partial charge >= 0.3 is 11.7 Å². The average molecular weight is 280 g/mol. The van der Waals surface area contributed by atoms with Crippen molar-refractivity contribution >= 4 is 17.1 Å². The molecule has 2 heterocycles. The first-order valence-corrected chi connectivity index (χ1v) is 6.19. The molecule has 0 unspecified atom stereocenters. The quantitative estimate of drug-likeness (QED) is 0.822. The first-order valence-electron chi connectivity index (χ1n) is 6.19. The monoisotopic (exact) mass is 280 g/mol. The summed E-state index contributed by atoms with van der Waals surface area (Å²) in [7, 11) is 3.25. The molecule has 2 aromatic heterocycles. The van der Waals surface area contributed by atoms with Crippen LogP contribution >= 0.6 is 0 Å². The molecule has 0 bridgehead atoms. The Morgan fingerprint density at radius 1 is 1.25 bits per heavy atom. The number of imidazole rings is 1. The molecule has 0 aliphatic carbocycles. The van der Waals surface area contributed by atoms with Crippen molar-refractivity contribution < 1.29 is 9.90 Å². The summed E-state index contributed by atoms with van der Waals surface area (Å²) in [5.41, 5.74) is -0.225. The second-order valence-electron chi connectivity index (χ2n) is 4.69. The number of rotatable bonds is 4. The van der Waals surface area contributed by atoms with Gasteiger partial charge in [0.05, 0.1) is 0 Å². The first-order chi connectivity index (χ1) is 9.34. The molecule has 2 rings (SSSR count). The maximum Gasteiger partial charge on any atom is 0.332 e. The van der Waals surface area contributed by atoms with Crippen molar-refractivity contribution in [3.63, 3.8) is 0 Å². The summed E-state index contributed by atoms with van der Waals surface area (Å²) < 4.78 is 4.00. The third kappa shape index (κ3) is 2.13. The SMILES string of the molecule is Cc1nc2c(c(=O)n(CCCC(=O)O)c(=O)n2C)n1C. The van der Waals surface area contributed by atoms with E-state index in [4.69, 9.17) is 5.11 Å². The highest BCUT2D eigenvalue weighted by Crippen LogP contribution is 2.07. The minimum absolute atomic E-state index is 0.0813. The highest BCUT2D eigenvalue weighted by molar-refractivity contribution is 5.70.